The average molecular weight is 266 g/mol. The summed E-state index contributed by atoms with van der Waals surface area (Å²) >= 11 is 0. The van der Waals surface area contributed by atoms with Crippen LogP contribution in [0.3, 0.4) is 0 Å². The number of piperazine rings is 1. The highest BCUT2D eigenvalue weighted by molar-refractivity contribution is 5.83. The Hall–Kier alpha value is -1.46. The summed E-state index contributed by atoms with van der Waals surface area (Å²) in [6.07, 6.45) is 0.213. The van der Waals surface area contributed by atoms with Crippen LogP contribution in [0, 0.1) is 5.82 Å². The fraction of sp³-hybridized carbons (Fsp3) is 0.500. The van der Waals surface area contributed by atoms with Crippen molar-refractivity contribution >= 4 is 5.78 Å². The standard InChI is InChI=1S/C14H19FN2O2/c1-19-14-3-2-12(15)8-11(14)9-13(18)10-17-6-4-16-5-7-17/h2-3,8,16H,4-7,9-10H2,1H3. The highest BCUT2D eigenvalue weighted by atomic mass is 19.1. The van der Waals surface area contributed by atoms with E-state index in [0.29, 0.717) is 17.9 Å². The molecule has 0 spiro atoms. The first-order chi connectivity index (χ1) is 9.19. The van der Waals surface area contributed by atoms with Crippen LogP contribution in [0.25, 0.3) is 0 Å². The molecule has 1 aliphatic rings. The number of rotatable bonds is 5. The fourth-order valence-corrected chi connectivity index (χ4v) is 2.27. The number of nitrogens with zero attached hydrogens (tertiary/aromatic N) is 1. The van der Waals surface area contributed by atoms with Gasteiger partial charge in [-0.3, -0.25) is 9.69 Å². The summed E-state index contributed by atoms with van der Waals surface area (Å²) in [5.74, 6) is 0.312. The van der Waals surface area contributed by atoms with E-state index < -0.39 is 0 Å². The molecule has 0 aromatic heterocycles. The monoisotopic (exact) mass is 266 g/mol. The number of carbonyl (C=O) groups is 1. The van der Waals surface area contributed by atoms with E-state index in [4.69, 9.17) is 4.74 Å². The Morgan fingerprint density at radius 1 is 1.42 bits per heavy atom. The van der Waals surface area contributed by atoms with Crippen LogP contribution >= 0.6 is 0 Å². The van der Waals surface area contributed by atoms with E-state index in [0.717, 1.165) is 26.2 Å². The highest BCUT2D eigenvalue weighted by Gasteiger charge is 2.15. The van der Waals surface area contributed by atoms with Crippen molar-refractivity contribution in [1.82, 2.24) is 10.2 Å². The zero-order chi connectivity index (χ0) is 13.7. The molecule has 5 heteroatoms. The third kappa shape index (κ3) is 4.01. The first-order valence-corrected chi connectivity index (χ1v) is 6.46. The largest absolute Gasteiger partial charge is 0.496 e. The molecule has 0 aliphatic carbocycles. The van der Waals surface area contributed by atoms with Crippen molar-refractivity contribution in [2.45, 2.75) is 6.42 Å². The molecule has 1 saturated heterocycles. The number of hydrogen-bond donors (Lipinski definition) is 1. The number of ether oxygens (including phenoxy) is 1. The maximum Gasteiger partial charge on any atom is 0.151 e. The molecule has 1 N–H and O–H groups in total. The summed E-state index contributed by atoms with van der Waals surface area (Å²) in [5.41, 5.74) is 0.614. The summed E-state index contributed by atoms with van der Waals surface area (Å²) in [5, 5.41) is 3.24. The summed E-state index contributed by atoms with van der Waals surface area (Å²) in [7, 11) is 1.53. The van der Waals surface area contributed by atoms with Gasteiger partial charge >= 0.3 is 0 Å². The molecule has 4 nitrogen and oxygen atoms in total. The van der Waals surface area contributed by atoms with Gasteiger partial charge in [0.15, 0.2) is 5.78 Å². The zero-order valence-corrected chi connectivity index (χ0v) is 11.1. The first kappa shape index (κ1) is 14.0. The zero-order valence-electron chi connectivity index (χ0n) is 11.1. The molecular weight excluding hydrogens is 247 g/mol. The molecule has 0 unspecified atom stereocenters. The van der Waals surface area contributed by atoms with Crippen LogP contribution in [0.4, 0.5) is 4.39 Å². The van der Waals surface area contributed by atoms with E-state index in [1.165, 1.54) is 19.2 Å². The van der Waals surface area contributed by atoms with Gasteiger partial charge in [-0.05, 0) is 18.2 Å². The van der Waals surface area contributed by atoms with Gasteiger partial charge in [-0.2, -0.15) is 0 Å². The Morgan fingerprint density at radius 3 is 2.84 bits per heavy atom. The Labute approximate surface area is 112 Å². The van der Waals surface area contributed by atoms with Gasteiger partial charge in [0.25, 0.3) is 0 Å². The highest BCUT2D eigenvalue weighted by Crippen LogP contribution is 2.20. The van der Waals surface area contributed by atoms with Crippen LogP contribution in [0.5, 0.6) is 5.75 Å². The molecule has 1 fully saturated rings. The molecule has 0 radical (unpaired) electrons. The molecule has 1 aliphatic heterocycles. The maximum absolute atomic E-state index is 13.2. The number of benzene rings is 1. The van der Waals surface area contributed by atoms with Gasteiger partial charge in [0, 0.05) is 38.2 Å². The van der Waals surface area contributed by atoms with Crippen LogP contribution < -0.4 is 10.1 Å². The molecule has 2 rings (SSSR count). The van der Waals surface area contributed by atoms with Crippen molar-refractivity contribution in [3.8, 4) is 5.75 Å². The first-order valence-electron chi connectivity index (χ1n) is 6.46. The minimum atomic E-state index is -0.342. The molecule has 0 atom stereocenters. The van der Waals surface area contributed by atoms with Gasteiger partial charge in [-0.1, -0.05) is 0 Å². The minimum Gasteiger partial charge on any atom is -0.496 e. The number of nitrogens with one attached hydrogen (secondary N) is 1. The van der Waals surface area contributed by atoms with Crippen LogP contribution in [0.1, 0.15) is 5.56 Å². The van der Waals surface area contributed by atoms with E-state index in [1.54, 1.807) is 6.07 Å². The van der Waals surface area contributed by atoms with Gasteiger partial charge in [0.1, 0.15) is 11.6 Å². The van der Waals surface area contributed by atoms with E-state index in [-0.39, 0.29) is 18.0 Å². The third-order valence-electron chi connectivity index (χ3n) is 3.24. The second-order valence-electron chi connectivity index (χ2n) is 4.70. The fourth-order valence-electron chi connectivity index (χ4n) is 2.27. The molecule has 1 aromatic rings. The molecule has 0 saturated carbocycles. The lowest BCUT2D eigenvalue weighted by molar-refractivity contribution is -0.119. The number of Topliss-reactive ketones (excluding diaryl/α,β-unsaturated/α-hetero) is 1. The van der Waals surface area contributed by atoms with Crippen molar-refractivity contribution in [3.05, 3.63) is 29.6 Å². The van der Waals surface area contributed by atoms with Crippen molar-refractivity contribution in [2.75, 3.05) is 39.8 Å². The second kappa shape index (κ2) is 6.63. The van der Waals surface area contributed by atoms with E-state index in [1.807, 2.05) is 0 Å². The van der Waals surface area contributed by atoms with E-state index in [9.17, 15) is 9.18 Å². The molecule has 104 valence electrons. The predicted molar refractivity (Wildman–Crippen MR) is 71.0 cm³/mol. The summed E-state index contributed by atoms with van der Waals surface area (Å²) in [4.78, 5) is 14.1. The lowest BCUT2D eigenvalue weighted by Crippen LogP contribution is -2.45. The molecule has 1 aromatic carbocycles. The molecule has 1 heterocycles. The van der Waals surface area contributed by atoms with Crippen LogP contribution in [-0.4, -0.2) is 50.5 Å². The lowest BCUT2D eigenvalue weighted by Gasteiger charge is -2.26. The quantitative estimate of drug-likeness (QED) is 0.858. The summed E-state index contributed by atoms with van der Waals surface area (Å²) in [6.45, 7) is 4.01. The van der Waals surface area contributed by atoms with Gasteiger partial charge in [-0.15, -0.1) is 0 Å². The van der Waals surface area contributed by atoms with E-state index in [2.05, 4.69) is 10.2 Å². The molecule has 0 bridgehead atoms. The Balaban J connectivity index is 1.95. The number of methoxy groups -OCH3 is 1. The molecular formula is C14H19FN2O2. The third-order valence-corrected chi connectivity index (χ3v) is 3.24. The second-order valence-corrected chi connectivity index (χ2v) is 4.70. The maximum atomic E-state index is 13.2. The Bertz CT molecular complexity index is 445. The number of ketones is 1. The van der Waals surface area contributed by atoms with Crippen molar-refractivity contribution in [3.63, 3.8) is 0 Å². The normalized spacial score (nSPS) is 16.3. The van der Waals surface area contributed by atoms with Crippen LogP contribution in [0.2, 0.25) is 0 Å². The molecule has 0 amide bonds. The van der Waals surface area contributed by atoms with Gasteiger partial charge in [0.2, 0.25) is 0 Å². The van der Waals surface area contributed by atoms with Crippen LogP contribution in [0.15, 0.2) is 18.2 Å². The number of carbonyl (C=O) groups excluding carboxylic acids is 1. The van der Waals surface area contributed by atoms with Crippen molar-refractivity contribution in [1.29, 1.82) is 0 Å². The Morgan fingerprint density at radius 2 is 2.16 bits per heavy atom. The smallest absolute Gasteiger partial charge is 0.151 e. The topological polar surface area (TPSA) is 41.6 Å². The number of hydrogen-bond acceptors (Lipinski definition) is 4. The summed E-state index contributed by atoms with van der Waals surface area (Å²) in [6, 6.07) is 4.26. The van der Waals surface area contributed by atoms with Gasteiger partial charge < -0.3 is 10.1 Å². The van der Waals surface area contributed by atoms with Gasteiger partial charge in [-0.25, -0.2) is 4.39 Å². The minimum absolute atomic E-state index is 0.0887. The van der Waals surface area contributed by atoms with Crippen molar-refractivity contribution < 1.29 is 13.9 Å². The predicted octanol–water partition coefficient (Wildman–Crippen LogP) is 0.851. The average Bonchev–Trinajstić information content (AvgIpc) is 2.40. The molecule has 19 heavy (non-hydrogen) atoms. The lowest BCUT2D eigenvalue weighted by atomic mass is 10.1. The number of halogens is 1. The van der Waals surface area contributed by atoms with Gasteiger partial charge in [0.05, 0.1) is 13.7 Å². The van der Waals surface area contributed by atoms with E-state index >= 15 is 0 Å². The summed E-state index contributed by atoms with van der Waals surface area (Å²) < 4.78 is 18.4. The van der Waals surface area contributed by atoms with Crippen LogP contribution in [-0.2, 0) is 11.2 Å². The van der Waals surface area contributed by atoms with Crippen molar-refractivity contribution in [2.24, 2.45) is 0 Å². The SMILES string of the molecule is COc1ccc(F)cc1CC(=O)CN1CCNCC1. The Kier molecular flexibility index (Phi) is 4.87.